The minimum atomic E-state index is -4.03. The van der Waals surface area contributed by atoms with Crippen molar-refractivity contribution in [2.75, 3.05) is 0 Å². The van der Waals surface area contributed by atoms with Gasteiger partial charge in [-0.3, -0.25) is 4.72 Å². The van der Waals surface area contributed by atoms with Gasteiger partial charge in [-0.2, -0.15) is 5.26 Å². The van der Waals surface area contributed by atoms with Gasteiger partial charge in [0.1, 0.15) is 16.8 Å². The van der Waals surface area contributed by atoms with Gasteiger partial charge in [0.05, 0.1) is 11.2 Å². The monoisotopic (exact) mass is 442 g/mol. The maximum atomic E-state index is 14.1. The smallest absolute Gasteiger partial charge is 0.262 e. The van der Waals surface area contributed by atoms with Gasteiger partial charge in [-0.1, -0.05) is 32.9 Å². The van der Waals surface area contributed by atoms with Gasteiger partial charge in [0.2, 0.25) is 0 Å². The van der Waals surface area contributed by atoms with E-state index in [9.17, 15) is 23.2 Å². The molecule has 31 heavy (non-hydrogen) atoms. The second-order valence-electron chi connectivity index (χ2n) is 8.86. The number of nitrogens with one attached hydrogen (secondary N) is 1. The molecular weight excluding hydrogens is 415 g/mol. The first-order chi connectivity index (χ1) is 14.3. The number of sulfonamides is 1. The second-order valence-corrected chi connectivity index (χ2v) is 10.5. The maximum absolute atomic E-state index is 14.1. The summed E-state index contributed by atoms with van der Waals surface area (Å²) in [6.45, 7) is 8.98. The van der Waals surface area contributed by atoms with Gasteiger partial charge in [-0.05, 0) is 66.3 Å². The van der Waals surface area contributed by atoms with E-state index in [1.54, 1.807) is 19.9 Å². The first kappa shape index (κ1) is 23.0. The fourth-order valence-electron chi connectivity index (χ4n) is 3.98. The summed E-state index contributed by atoms with van der Waals surface area (Å²) in [6.07, 6.45) is 2.11. The van der Waals surface area contributed by atoms with Crippen LogP contribution in [0.25, 0.3) is 0 Å². The molecule has 0 saturated carbocycles. The van der Waals surface area contributed by atoms with Crippen LogP contribution >= 0.6 is 0 Å². The zero-order valence-corrected chi connectivity index (χ0v) is 19.1. The van der Waals surface area contributed by atoms with Crippen molar-refractivity contribution in [3.05, 3.63) is 75.7 Å². The third-order valence-corrected chi connectivity index (χ3v) is 7.04. The van der Waals surface area contributed by atoms with E-state index in [2.05, 4.69) is 4.72 Å². The highest BCUT2D eigenvalue weighted by molar-refractivity contribution is 7.89. The highest BCUT2D eigenvalue weighted by Gasteiger charge is 2.27. The van der Waals surface area contributed by atoms with E-state index >= 15 is 0 Å². The van der Waals surface area contributed by atoms with E-state index in [1.165, 1.54) is 30.3 Å². The Morgan fingerprint density at radius 2 is 1.94 bits per heavy atom. The first-order valence-corrected chi connectivity index (χ1v) is 11.6. The molecule has 7 heteroatoms. The lowest BCUT2D eigenvalue weighted by Gasteiger charge is -2.27. The summed E-state index contributed by atoms with van der Waals surface area (Å²) in [5, 5.41) is 19.7. The molecule has 0 heterocycles. The second kappa shape index (κ2) is 8.10. The molecule has 0 aromatic heterocycles. The normalized spacial score (nSPS) is 16.5. The standard InChI is InChI=1S/C24H27FN2O3S/c1-14(2)20-10-18(25)11-21-15(3)8-19(12-22(20)21)27-31(29,30)23-7-6-17(24(4,5)28)9-16(23)13-26/h6-11,14-15,27-28H,12H2,1-5H3. The van der Waals surface area contributed by atoms with Crippen LogP contribution in [0.15, 0.2) is 47.0 Å². The average molecular weight is 443 g/mol. The molecule has 5 nitrogen and oxygen atoms in total. The van der Waals surface area contributed by atoms with Gasteiger partial charge >= 0.3 is 0 Å². The Labute approximate surface area is 183 Å². The van der Waals surface area contributed by atoms with Crippen LogP contribution in [0.2, 0.25) is 0 Å². The molecule has 2 aromatic carbocycles. The Bertz CT molecular complexity index is 1200. The van der Waals surface area contributed by atoms with Gasteiger partial charge in [-0.15, -0.1) is 0 Å². The van der Waals surface area contributed by atoms with Crippen molar-refractivity contribution in [2.45, 2.75) is 63.4 Å². The average Bonchev–Trinajstić information content (AvgIpc) is 2.66. The van der Waals surface area contributed by atoms with E-state index in [1.807, 2.05) is 26.8 Å². The largest absolute Gasteiger partial charge is 0.386 e. The highest BCUT2D eigenvalue weighted by Crippen LogP contribution is 2.35. The van der Waals surface area contributed by atoms with Crippen molar-refractivity contribution in [1.82, 2.24) is 4.72 Å². The number of allylic oxidation sites excluding steroid dienone is 2. The van der Waals surface area contributed by atoms with Gasteiger partial charge in [0, 0.05) is 18.0 Å². The highest BCUT2D eigenvalue weighted by atomic mass is 32.2. The Morgan fingerprint density at radius 3 is 2.52 bits per heavy atom. The Kier molecular flexibility index (Phi) is 6.01. The topological polar surface area (TPSA) is 90.2 Å². The van der Waals surface area contributed by atoms with Gasteiger partial charge in [-0.25, -0.2) is 12.8 Å². The molecule has 0 radical (unpaired) electrons. The molecule has 0 fully saturated rings. The number of rotatable bonds is 5. The van der Waals surface area contributed by atoms with Crippen LogP contribution in [0.3, 0.4) is 0 Å². The third kappa shape index (κ3) is 4.65. The summed E-state index contributed by atoms with van der Waals surface area (Å²) in [4.78, 5) is -0.148. The molecule has 2 aromatic rings. The number of hydrogen-bond donors (Lipinski definition) is 2. The first-order valence-electron chi connectivity index (χ1n) is 10.2. The van der Waals surface area contributed by atoms with Crippen LogP contribution in [-0.4, -0.2) is 13.5 Å². The third-order valence-electron chi connectivity index (χ3n) is 5.58. The fraction of sp³-hybridized carbons (Fsp3) is 0.375. The lowest BCUT2D eigenvalue weighted by atomic mass is 9.82. The predicted molar refractivity (Wildman–Crippen MR) is 117 cm³/mol. The van der Waals surface area contributed by atoms with E-state index in [4.69, 9.17) is 0 Å². The Morgan fingerprint density at radius 1 is 1.26 bits per heavy atom. The molecule has 0 saturated heterocycles. The number of fused-ring (bicyclic) bond motifs is 1. The molecule has 3 rings (SSSR count). The molecule has 1 atom stereocenters. The molecule has 1 unspecified atom stereocenters. The van der Waals surface area contributed by atoms with E-state index in [0.717, 1.165) is 16.7 Å². The summed E-state index contributed by atoms with van der Waals surface area (Å²) >= 11 is 0. The SMILES string of the molecule is CC(C)c1cc(F)cc2c1CC(NS(=O)(=O)c1ccc(C(C)(C)O)cc1C#N)=CC2C. The van der Waals surface area contributed by atoms with E-state index in [-0.39, 0.29) is 28.1 Å². The zero-order chi connectivity index (χ0) is 23.1. The lowest BCUT2D eigenvalue weighted by Crippen LogP contribution is -2.28. The van der Waals surface area contributed by atoms with Crippen LogP contribution in [0.4, 0.5) is 4.39 Å². The molecule has 164 valence electrons. The number of hydrogen-bond acceptors (Lipinski definition) is 4. The molecular formula is C24H27FN2O3S. The number of benzene rings is 2. The van der Waals surface area contributed by atoms with Crippen molar-refractivity contribution in [2.24, 2.45) is 0 Å². The number of aliphatic hydroxyl groups is 1. The number of halogens is 1. The minimum absolute atomic E-state index is 0.0399. The predicted octanol–water partition coefficient (Wildman–Crippen LogP) is 4.57. The van der Waals surface area contributed by atoms with E-state index in [0.29, 0.717) is 17.7 Å². The van der Waals surface area contributed by atoms with Crippen molar-refractivity contribution in [3.63, 3.8) is 0 Å². The molecule has 1 aliphatic carbocycles. The van der Waals surface area contributed by atoms with Crippen LogP contribution in [0.1, 0.15) is 74.3 Å². The summed E-state index contributed by atoms with van der Waals surface area (Å²) in [5.41, 5.74) is 2.35. The fourth-order valence-corrected chi connectivity index (χ4v) is 5.21. The van der Waals surface area contributed by atoms with Crippen molar-refractivity contribution in [3.8, 4) is 6.07 Å². The number of nitriles is 1. The summed E-state index contributed by atoms with van der Waals surface area (Å²) in [6, 6.07) is 9.17. The minimum Gasteiger partial charge on any atom is -0.386 e. The molecule has 0 bridgehead atoms. The molecule has 2 N–H and O–H groups in total. The Balaban J connectivity index is 1.98. The lowest BCUT2D eigenvalue weighted by molar-refractivity contribution is 0.0785. The van der Waals surface area contributed by atoms with Gasteiger partial charge in [0.15, 0.2) is 0 Å². The van der Waals surface area contributed by atoms with Crippen LogP contribution in [-0.2, 0) is 22.0 Å². The Hall–Kier alpha value is -2.69. The van der Waals surface area contributed by atoms with E-state index < -0.39 is 15.6 Å². The molecule has 0 spiro atoms. The van der Waals surface area contributed by atoms with Crippen LogP contribution in [0, 0.1) is 17.1 Å². The van der Waals surface area contributed by atoms with Crippen LogP contribution in [0.5, 0.6) is 0 Å². The van der Waals surface area contributed by atoms with Crippen molar-refractivity contribution in [1.29, 1.82) is 5.26 Å². The molecule has 0 amide bonds. The number of nitrogens with zero attached hydrogens (tertiary/aromatic N) is 1. The summed E-state index contributed by atoms with van der Waals surface area (Å²) in [7, 11) is -4.03. The van der Waals surface area contributed by atoms with Crippen molar-refractivity contribution >= 4 is 10.0 Å². The maximum Gasteiger partial charge on any atom is 0.262 e. The van der Waals surface area contributed by atoms with Crippen molar-refractivity contribution < 1.29 is 17.9 Å². The van der Waals surface area contributed by atoms with Gasteiger partial charge < -0.3 is 5.11 Å². The van der Waals surface area contributed by atoms with Gasteiger partial charge in [0.25, 0.3) is 10.0 Å². The molecule has 0 aliphatic heterocycles. The zero-order valence-electron chi connectivity index (χ0n) is 18.3. The van der Waals surface area contributed by atoms with Crippen LogP contribution < -0.4 is 4.72 Å². The summed E-state index contributed by atoms with van der Waals surface area (Å²) < 4.78 is 42.9. The summed E-state index contributed by atoms with van der Waals surface area (Å²) in [5.74, 6) is -0.368. The quantitative estimate of drug-likeness (QED) is 0.710. The molecule has 1 aliphatic rings.